The van der Waals surface area contributed by atoms with Crippen LogP contribution in [0.5, 0.6) is 0 Å². The fourth-order valence-corrected chi connectivity index (χ4v) is 5.20. The molecule has 2 aromatic heterocycles. The number of hydrogen-bond acceptors (Lipinski definition) is 4. The van der Waals surface area contributed by atoms with E-state index in [4.69, 9.17) is 0 Å². The third kappa shape index (κ3) is 3.84. The van der Waals surface area contributed by atoms with Crippen LogP contribution in [0.2, 0.25) is 0 Å². The minimum absolute atomic E-state index is 0.0855. The first-order valence-corrected chi connectivity index (χ1v) is 11.1. The number of rotatable bonds is 4. The Labute approximate surface area is 184 Å². The van der Waals surface area contributed by atoms with Crippen LogP contribution in [0.1, 0.15) is 20.9 Å². The van der Waals surface area contributed by atoms with Gasteiger partial charge in [-0.2, -0.15) is 5.10 Å². The summed E-state index contributed by atoms with van der Waals surface area (Å²) in [7, 11) is 0. The summed E-state index contributed by atoms with van der Waals surface area (Å²) >= 11 is 1.43. The fourth-order valence-electron chi connectivity index (χ4n) is 4.04. The van der Waals surface area contributed by atoms with E-state index in [9.17, 15) is 9.59 Å². The van der Waals surface area contributed by atoms with E-state index >= 15 is 0 Å². The van der Waals surface area contributed by atoms with Crippen molar-refractivity contribution < 1.29 is 9.59 Å². The molecule has 5 rings (SSSR count). The first kappa shape index (κ1) is 19.5. The average molecular weight is 431 g/mol. The van der Waals surface area contributed by atoms with Gasteiger partial charge >= 0.3 is 0 Å². The van der Waals surface area contributed by atoms with Gasteiger partial charge in [-0.3, -0.25) is 9.59 Å². The van der Waals surface area contributed by atoms with Gasteiger partial charge in [0.15, 0.2) is 0 Å². The van der Waals surface area contributed by atoms with E-state index in [0.29, 0.717) is 17.8 Å². The maximum absolute atomic E-state index is 13.3. The number of para-hydroxylation sites is 1. The van der Waals surface area contributed by atoms with Crippen molar-refractivity contribution in [2.75, 3.05) is 13.1 Å². The molecule has 156 valence electrons. The lowest BCUT2D eigenvalue weighted by Crippen LogP contribution is -2.56. The second kappa shape index (κ2) is 8.00. The predicted molar refractivity (Wildman–Crippen MR) is 122 cm³/mol. The maximum Gasteiger partial charge on any atom is 0.264 e. The molecule has 31 heavy (non-hydrogen) atoms. The number of aryl methyl sites for hydroxylation is 1. The number of carbonyl (C=O) groups is 2. The lowest BCUT2D eigenvalue weighted by Gasteiger charge is -2.33. The van der Waals surface area contributed by atoms with Crippen LogP contribution in [0.25, 0.3) is 15.9 Å². The molecule has 4 aromatic rings. The quantitative estimate of drug-likeness (QED) is 0.538. The van der Waals surface area contributed by atoms with Crippen LogP contribution in [-0.4, -0.2) is 45.6 Å². The van der Waals surface area contributed by atoms with E-state index in [1.165, 1.54) is 11.3 Å². The molecule has 1 aliphatic heterocycles. The molecular weight excluding hydrogens is 408 g/mol. The van der Waals surface area contributed by atoms with Crippen LogP contribution in [0, 0.1) is 6.92 Å². The van der Waals surface area contributed by atoms with E-state index in [-0.39, 0.29) is 24.4 Å². The first-order chi connectivity index (χ1) is 15.1. The second-order valence-electron chi connectivity index (χ2n) is 7.80. The highest BCUT2D eigenvalue weighted by molar-refractivity contribution is 7.20. The van der Waals surface area contributed by atoms with Gasteiger partial charge in [-0.25, -0.2) is 4.68 Å². The van der Waals surface area contributed by atoms with Crippen molar-refractivity contribution in [3.63, 3.8) is 0 Å². The normalized spacial score (nSPS) is 16.5. The summed E-state index contributed by atoms with van der Waals surface area (Å²) in [6.45, 7) is 2.53. The number of hydrogen-bond donors (Lipinski definition) is 1. The number of nitrogens with one attached hydrogen (secondary N) is 1. The summed E-state index contributed by atoms with van der Waals surface area (Å²) in [6, 6.07) is 21.7. The third-order valence-electron chi connectivity index (χ3n) is 5.51. The van der Waals surface area contributed by atoms with Gasteiger partial charge in [0, 0.05) is 11.9 Å². The van der Waals surface area contributed by atoms with Crippen molar-refractivity contribution in [3.8, 4) is 5.69 Å². The van der Waals surface area contributed by atoms with Gasteiger partial charge in [-0.15, -0.1) is 11.3 Å². The van der Waals surface area contributed by atoms with E-state index in [0.717, 1.165) is 27.2 Å². The van der Waals surface area contributed by atoms with Gasteiger partial charge in [0.2, 0.25) is 5.91 Å². The molecule has 6 nitrogen and oxygen atoms in total. The summed E-state index contributed by atoms with van der Waals surface area (Å²) in [5, 5.41) is 8.63. The smallest absolute Gasteiger partial charge is 0.264 e. The number of benzene rings is 2. The maximum atomic E-state index is 13.3. The van der Waals surface area contributed by atoms with Gasteiger partial charge in [0.25, 0.3) is 5.91 Å². The van der Waals surface area contributed by atoms with E-state index in [1.54, 1.807) is 4.90 Å². The molecule has 0 bridgehead atoms. The van der Waals surface area contributed by atoms with Gasteiger partial charge < -0.3 is 10.2 Å². The number of nitrogens with zero attached hydrogens (tertiary/aromatic N) is 3. The van der Waals surface area contributed by atoms with Crippen molar-refractivity contribution in [3.05, 3.63) is 82.9 Å². The van der Waals surface area contributed by atoms with Crippen molar-refractivity contribution in [2.24, 2.45) is 0 Å². The summed E-state index contributed by atoms with van der Waals surface area (Å²) in [5.74, 6) is -0.221. The minimum Gasteiger partial charge on any atom is -0.350 e. The van der Waals surface area contributed by atoms with Crippen LogP contribution < -0.4 is 5.32 Å². The predicted octanol–water partition coefficient (Wildman–Crippen LogP) is 3.58. The molecule has 1 N–H and O–H groups in total. The Kier molecular flexibility index (Phi) is 5.03. The molecule has 0 unspecified atom stereocenters. The molecule has 2 amide bonds. The number of aromatic nitrogens is 2. The van der Waals surface area contributed by atoms with Crippen LogP contribution in [0.15, 0.2) is 66.7 Å². The molecule has 2 aromatic carbocycles. The molecule has 0 aliphatic carbocycles. The molecule has 0 spiro atoms. The number of carbonyl (C=O) groups excluding carboxylic acids is 2. The number of piperazine rings is 1. The van der Waals surface area contributed by atoms with E-state index < -0.39 is 0 Å². The average Bonchev–Trinajstić information content (AvgIpc) is 3.35. The number of thiophene rings is 1. The summed E-state index contributed by atoms with van der Waals surface area (Å²) < 4.78 is 1.88. The Bertz CT molecular complexity index is 1250. The second-order valence-corrected chi connectivity index (χ2v) is 8.83. The van der Waals surface area contributed by atoms with Gasteiger partial charge in [0.05, 0.1) is 28.8 Å². The zero-order valence-corrected chi connectivity index (χ0v) is 17.9. The number of fused-ring (bicyclic) bond motifs is 1. The Morgan fingerprint density at radius 2 is 1.84 bits per heavy atom. The molecule has 1 aliphatic rings. The highest BCUT2D eigenvalue weighted by Gasteiger charge is 2.30. The lowest BCUT2D eigenvalue weighted by molar-refractivity contribution is -0.124. The molecule has 0 saturated carbocycles. The van der Waals surface area contributed by atoms with Crippen molar-refractivity contribution in [1.29, 1.82) is 0 Å². The van der Waals surface area contributed by atoms with Crippen LogP contribution in [0.4, 0.5) is 0 Å². The standard InChI is InChI=1S/C24H22N4O2S/c1-16-20-13-21(31-24(20)28(26-16)19-10-6-3-7-11-19)23(30)27-14-18(25-22(29)15-27)12-17-8-4-2-5-9-17/h2-11,13,18H,12,14-15H2,1H3,(H,25,29)/t18-/m0/s1. The molecule has 1 saturated heterocycles. The monoisotopic (exact) mass is 430 g/mol. The Balaban J connectivity index is 1.41. The first-order valence-electron chi connectivity index (χ1n) is 10.3. The summed E-state index contributed by atoms with van der Waals surface area (Å²) in [6.07, 6.45) is 0.699. The van der Waals surface area contributed by atoms with E-state index in [2.05, 4.69) is 10.4 Å². The fraction of sp³-hybridized carbons (Fsp3) is 0.208. The molecule has 1 atom stereocenters. The van der Waals surface area contributed by atoms with E-state index in [1.807, 2.05) is 78.3 Å². The van der Waals surface area contributed by atoms with Crippen molar-refractivity contribution >= 4 is 33.4 Å². The molecule has 0 radical (unpaired) electrons. The molecule has 1 fully saturated rings. The third-order valence-corrected chi connectivity index (χ3v) is 6.61. The molecule has 3 heterocycles. The van der Waals surface area contributed by atoms with Gasteiger partial charge in [0.1, 0.15) is 4.83 Å². The topological polar surface area (TPSA) is 67.2 Å². The highest BCUT2D eigenvalue weighted by atomic mass is 32.1. The van der Waals surface area contributed by atoms with Crippen LogP contribution in [0.3, 0.4) is 0 Å². The van der Waals surface area contributed by atoms with Gasteiger partial charge in [-0.1, -0.05) is 48.5 Å². The highest BCUT2D eigenvalue weighted by Crippen LogP contribution is 2.31. The summed E-state index contributed by atoms with van der Waals surface area (Å²) in [5.41, 5.74) is 2.98. The van der Waals surface area contributed by atoms with Crippen molar-refractivity contribution in [2.45, 2.75) is 19.4 Å². The zero-order valence-electron chi connectivity index (χ0n) is 17.1. The SMILES string of the molecule is Cc1nn(-c2ccccc2)c2sc(C(=O)N3CC(=O)N[C@@H](Cc4ccccc4)C3)cc12. The largest absolute Gasteiger partial charge is 0.350 e. The Morgan fingerprint density at radius 3 is 2.58 bits per heavy atom. The van der Waals surface area contributed by atoms with Gasteiger partial charge in [-0.05, 0) is 37.1 Å². The minimum atomic E-state index is -0.117. The van der Waals surface area contributed by atoms with Crippen LogP contribution >= 0.6 is 11.3 Å². The number of amides is 2. The molecular formula is C24H22N4O2S. The Hall–Kier alpha value is -3.45. The van der Waals surface area contributed by atoms with Crippen LogP contribution in [-0.2, 0) is 11.2 Å². The summed E-state index contributed by atoms with van der Waals surface area (Å²) in [4.78, 5) is 28.8. The van der Waals surface area contributed by atoms with Crippen molar-refractivity contribution in [1.82, 2.24) is 20.0 Å². The lowest BCUT2D eigenvalue weighted by atomic mass is 10.0. The zero-order chi connectivity index (χ0) is 21.4. The molecule has 7 heteroatoms. The Morgan fingerprint density at radius 1 is 1.13 bits per heavy atom.